The molecule has 2 fully saturated rings. The van der Waals surface area contributed by atoms with Crippen LogP contribution in [0.3, 0.4) is 0 Å². The van der Waals surface area contributed by atoms with Gasteiger partial charge in [-0.1, -0.05) is 0 Å². The summed E-state index contributed by atoms with van der Waals surface area (Å²) >= 11 is 0. The first-order chi connectivity index (χ1) is 10.4. The fourth-order valence-electron chi connectivity index (χ4n) is 2.76. The molecule has 1 aromatic heterocycles. The third-order valence-electron chi connectivity index (χ3n) is 4.32. The van der Waals surface area contributed by atoms with E-state index in [1.54, 1.807) is 7.05 Å². The van der Waals surface area contributed by atoms with Crippen molar-refractivity contribution in [2.75, 3.05) is 31.1 Å². The molecule has 8 heteroatoms. The van der Waals surface area contributed by atoms with Crippen LogP contribution in [0, 0.1) is 5.92 Å². The number of hydrogen-bond donors (Lipinski definition) is 0. The van der Waals surface area contributed by atoms with Gasteiger partial charge in [0.2, 0.25) is 5.91 Å². The van der Waals surface area contributed by atoms with E-state index in [-0.39, 0.29) is 43.3 Å². The summed E-state index contributed by atoms with van der Waals surface area (Å²) in [6.07, 6.45) is 0.927. The molecule has 0 aliphatic carbocycles. The van der Waals surface area contributed by atoms with Crippen LogP contribution in [0.4, 0.5) is 14.6 Å². The Balaban J connectivity index is 1.55. The van der Waals surface area contributed by atoms with Crippen molar-refractivity contribution in [3.8, 4) is 0 Å². The molecule has 0 radical (unpaired) electrons. The minimum atomic E-state index is -2.64. The molecule has 3 heterocycles. The number of likely N-dealkylation sites (tertiary alicyclic amines) is 1. The van der Waals surface area contributed by atoms with Gasteiger partial charge in [0.15, 0.2) is 0 Å². The molecule has 0 unspecified atom stereocenters. The molecule has 0 bridgehead atoms. The summed E-state index contributed by atoms with van der Waals surface area (Å²) in [4.78, 5) is 31.3. The maximum absolute atomic E-state index is 13.1. The second-order valence-electron chi connectivity index (χ2n) is 5.98. The van der Waals surface area contributed by atoms with Gasteiger partial charge in [-0.05, 0) is 0 Å². The highest BCUT2D eigenvalue weighted by atomic mass is 19.3. The Morgan fingerprint density at radius 1 is 1.32 bits per heavy atom. The molecule has 120 valence electrons. The topological polar surface area (TPSA) is 58.4 Å². The summed E-state index contributed by atoms with van der Waals surface area (Å²) in [7, 11) is 1.62. The highest BCUT2D eigenvalue weighted by Gasteiger charge is 2.40. The highest BCUT2D eigenvalue weighted by molar-refractivity contribution is 5.82. The van der Waals surface area contributed by atoms with E-state index in [1.165, 1.54) is 21.9 Å². The smallest absolute Gasteiger partial charge is 0.255 e. The summed E-state index contributed by atoms with van der Waals surface area (Å²) in [6, 6.07) is 1.43. The van der Waals surface area contributed by atoms with Crippen molar-refractivity contribution in [2.45, 2.75) is 18.8 Å². The largest absolute Gasteiger partial charge is 0.355 e. The number of piperidine rings is 1. The van der Waals surface area contributed by atoms with Crippen LogP contribution in [0.15, 0.2) is 17.2 Å². The van der Waals surface area contributed by atoms with E-state index in [2.05, 4.69) is 4.98 Å². The summed E-state index contributed by atoms with van der Waals surface area (Å²) in [5.74, 6) is -2.36. The van der Waals surface area contributed by atoms with Gasteiger partial charge in [-0.25, -0.2) is 13.8 Å². The lowest BCUT2D eigenvalue weighted by Gasteiger charge is -2.42. The van der Waals surface area contributed by atoms with E-state index in [0.717, 1.165) is 0 Å². The molecule has 0 N–H and O–H groups in total. The molecule has 0 aromatic carbocycles. The van der Waals surface area contributed by atoms with Gasteiger partial charge in [-0.15, -0.1) is 0 Å². The standard InChI is InChI=1S/C14H18F2N4O2/c1-18-9-17-11(6-12(18)21)20-7-10(8-20)13(22)19-4-2-14(15,16)3-5-19/h6,9-10H,2-5,7-8H2,1H3. The molecule has 1 aromatic rings. The number of amides is 1. The second kappa shape index (κ2) is 5.33. The van der Waals surface area contributed by atoms with E-state index in [1.807, 2.05) is 4.90 Å². The summed E-state index contributed by atoms with van der Waals surface area (Å²) < 4.78 is 27.6. The maximum atomic E-state index is 13.1. The van der Waals surface area contributed by atoms with Crippen molar-refractivity contribution < 1.29 is 13.6 Å². The van der Waals surface area contributed by atoms with Gasteiger partial charge in [-0.2, -0.15) is 0 Å². The number of aromatic nitrogens is 2. The Morgan fingerprint density at radius 3 is 2.55 bits per heavy atom. The predicted molar refractivity (Wildman–Crippen MR) is 75.9 cm³/mol. The Morgan fingerprint density at radius 2 is 1.95 bits per heavy atom. The van der Waals surface area contributed by atoms with E-state index in [0.29, 0.717) is 18.9 Å². The van der Waals surface area contributed by atoms with E-state index in [4.69, 9.17) is 0 Å². The van der Waals surface area contributed by atoms with Crippen LogP contribution < -0.4 is 10.5 Å². The lowest BCUT2D eigenvalue weighted by molar-refractivity contribution is -0.142. The van der Waals surface area contributed by atoms with Crippen molar-refractivity contribution in [1.29, 1.82) is 0 Å². The van der Waals surface area contributed by atoms with Gasteiger partial charge in [0.05, 0.1) is 12.2 Å². The van der Waals surface area contributed by atoms with Crippen LogP contribution >= 0.6 is 0 Å². The van der Waals surface area contributed by atoms with Gasteiger partial charge in [-0.3, -0.25) is 9.59 Å². The van der Waals surface area contributed by atoms with Crippen LogP contribution in [0.25, 0.3) is 0 Å². The molecule has 0 saturated carbocycles. The summed E-state index contributed by atoms with van der Waals surface area (Å²) in [6.45, 7) is 1.19. The molecule has 2 aliphatic heterocycles. The van der Waals surface area contributed by atoms with E-state index >= 15 is 0 Å². The summed E-state index contributed by atoms with van der Waals surface area (Å²) in [5, 5.41) is 0. The highest BCUT2D eigenvalue weighted by Crippen LogP contribution is 2.30. The Kier molecular flexibility index (Phi) is 3.62. The fraction of sp³-hybridized carbons (Fsp3) is 0.643. The molecule has 22 heavy (non-hydrogen) atoms. The first kappa shape index (κ1) is 14.9. The molecule has 6 nitrogen and oxygen atoms in total. The summed E-state index contributed by atoms with van der Waals surface area (Å²) in [5.41, 5.74) is -0.155. The van der Waals surface area contributed by atoms with E-state index in [9.17, 15) is 18.4 Å². The van der Waals surface area contributed by atoms with Crippen LogP contribution in [0.2, 0.25) is 0 Å². The zero-order chi connectivity index (χ0) is 15.9. The fourth-order valence-corrected chi connectivity index (χ4v) is 2.76. The number of aryl methyl sites for hydroxylation is 1. The minimum Gasteiger partial charge on any atom is -0.355 e. The average molecular weight is 312 g/mol. The molecule has 0 spiro atoms. The van der Waals surface area contributed by atoms with Crippen molar-refractivity contribution in [2.24, 2.45) is 13.0 Å². The lowest BCUT2D eigenvalue weighted by Crippen LogP contribution is -2.56. The van der Waals surface area contributed by atoms with Crippen molar-refractivity contribution >= 4 is 11.7 Å². The van der Waals surface area contributed by atoms with Gasteiger partial charge in [0.1, 0.15) is 5.82 Å². The predicted octanol–water partition coefficient (Wildman–Crippen LogP) is 0.474. The van der Waals surface area contributed by atoms with Crippen molar-refractivity contribution in [3.63, 3.8) is 0 Å². The number of halogens is 2. The number of carbonyl (C=O) groups excluding carboxylic acids is 1. The monoisotopic (exact) mass is 312 g/mol. The number of hydrogen-bond acceptors (Lipinski definition) is 4. The van der Waals surface area contributed by atoms with Crippen LogP contribution in [0.1, 0.15) is 12.8 Å². The SMILES string of the molecule is Cn1cnc(N2CC(C(=O)N3CCC(F)(F)CC3)C2)cc1=O. The Bertz CT molecular complexity index is 630. The number of alkyl halides is 2. The molecular weight excluding hydrogens is 294 g/mol. The van der Waals surface area contributed by atoms with Gasteiger partial charge in [0, 0.05) is 52.1 Å². The molecule has 1 amide bonds. The second-order valence-corrected chi connectivity index (χ2v) is 5.98. The first-order valence-corrected chi connectivity index (χ1v) is 7.30. The maximum Gasteiger partial charge on any atom is 0.255 e. The molecular formula is C14H18F2N4O2. The Hall–Kier alpha value is -1.99. The molecule has 0 atom stereocenters. The molecule has 2 saturated heterocycles. The third-order valence-corrected chi connectivity index (χ3v) is 4.32. The third kappa shape index (κ3) is 2.82. The molecule has 3 rings (SSSR count). The van der Waals surface area contributed by atoms with Crippen LogP contribution in [-0.2, 0) is 11.8 Å². The number of carbonyl (C=O) groups is 1. The van der Waals surface area contributed by atoms with Crippen LogP contribution in [0.5, 0.6) is 0 Å². The zero-order valence-electron chi connectivity index (χ0n) is 12.3. The number of rotatable bonds is 2. The van der Waals surface area contributed by atoms with Crippen molar-refractivity contribution in [3.05, 3.63) is 22.7 Å². The van der Waals surface area contributed by atoms with Gasteiger partial charge >= 0.3 is 0 Å². The van der Waals surface area contributed by atoms with Crippen LogP contribution in [-0.4, -0.2) is 52.5 Å². The quantitative estimate of drug-likeness (QED) is 0.797. The van der Waals surface area contributed by atoms with E-state index < -0.39 is 5.92 Å². The Labute approximate surface area is 126 Å². The number of anilines is 1. The van der Waals surface area contributed by atoms with Gasteiger partial charge in [0.25, 0.3) is 11.5 Å². The lowest BCUT2D eigenvalue weighted by atomic mass is 9.96. The van der Waals surface area contributed by atoms with Crippen molar-refractivity contribution in [1.82, 2.24) is 14.5 Å². The number of nitrogens with zero attached hydrogens (tertiary/aromatic N) is 4. The average Bonchev–Trinajstić information content (AvgIpc) is 2.41. The molecule has 2 aliphatic rings. The minimum absolute atomic E-state index is 0.0735. The van der Waals surface area contributed by atoms with Gasteiger partial charge < -0.3 is 14.4 Å². The normalized spacial score (nSPS) is 21.6. The zero-order valence-corrected chi connectivity index (χ0v) is 12.3. The first-order valence-electron chi connectivity index (χ1n) is 7.30.